The maximum absolute atomic E-state index is 12.2. The molecule has 0 aromatic heterocycles. The molecule has 0 aromatic rings. The fourth-order valence-corrected chi connectivity index (χ4v) is 3.19. The van der Waals surface area contributed by atoms with E-state index in [0.29, 0.717) is 6.61 Å². The minimum Gasteiger partial charge on any atom is -0.464 e. The Morgan fingerprint density at radius 3 is 2.20 bits per heavy atom. The van der Waals surface area contributed by atoms with E-state index in [4.69, 9.17) is 4.74 Å². The van der Waals surface area contributed by atoms with Gasteiger partial charge in [-0.2, -0.15) is 0 Å². The molecule has 0 aliphatic heterocycles. The molecule has 0 aliphatic carbocycles. The lowest BCUT2D eigenvalue weighted by Gasteiger charge is -2.24. The summed E-state index contributed by atoms with van der Waals surface area (Å²) < 4.78 is 6.15. The minimum atomic E-state index is -0.733. The molecule has 0 rings (SSSR count). The van der Waals surface area contributed by atoms with Crippen LogP contribution in [0.1, 0.15) is 59.3 Å². The van der Waals surface area contributed by atoms with Gasteiger partial charge in [0.25, 0.3) is 0 Å². The van der Waals surface area contributed by atoms with Gasteiger partial charge in [-0.15, -0.1) is 23.5 Å². The molecule has 0 radical (unpaired) electrons. The van der Waals surface area contributed by atoms with Gasteiger partial charge in [0.05, 0.1) is 6.61 Å². The van der Waals surface area contributed by atoms with E-state index in [1.165, 1.54) is 19.3 Å². The lowest BCUT2D eigenvalue weighted by atomic mass is 9.95. The average Bonchev–Trinajstić information content (AvgIpc) is 2.44. The van der Waals surface area contributed by atoms with Crippen LogP contribution >= 0.6 is 23.5 Å². The van der Waals surface area contributed by atoms with Crippen LogP contribution < -0.4 is 0 Å². The Labute approximate surface area is 132 Å². The van der Waals surface area contributed by atoms with Crippen molar-refractivity contribution >= 4 is 33.9 Å². The van der Waals surface area contributed by atoms with Crippen LogP contribution in [0.4, 0.5) is 0 Å². The van der Waals surface area contributed by atoms with Crippen molar-refractivity contribution < 1.29 is 9.53 Å². The third-order valence-corrected chi connectivity index (χ3v) is 5.05. The largest absolute Gasteiger partial charge is 0.464 e. The Morgan fingerprint density at radius 1 is 1.10 bits per heavy atom. The van der Waals surface area contributed by atoms with Crippen LogP contribution in [0.15, 0.2) is 4.99 Å². The van der Waals surface area contributed by atoms with Gasteiger partial charge in [0.2, 0.25) is 0 Å². The molecule has 0 fully saturated rings. The Balaban J connectivity index is 4.70. The van der Waals surface area contributed by atoms with E-state index < -0.39 is 5.54 Å². The Bertz CT molecular complexity index is 302. The molecular formula is C15H29NO2S2. The van der Waals surface area contributed by atoms with Gasteiger partial charge in [0, 0.05) is 0 Å². The van der Waals surface area contributed by atoms with Gasteiger partial charge in [0.15, 0.2) is 5.54 Å². The zero-order chi connectivity index (χ0) is 15.4. The van der Waals surface area contributed by atoms with E-state index in [2.05, 4.69) is 11.9 Å². The third kappa shape index (κ3) is 7.58. The molecule has 5 heteroatoms. The molecule has 0 heterocycles. The second kappa shape index (κ2) is 11.5. The Hall–Kier alpha value is -0.160. The van der Waals surface area contributed by atoms with Crippen LogP contribution in [-0.2, 0) is 9.53 Å². The highest BCUT2D eigenvalue weighted by Gasteiger charge is 2.34. The number of esters is 1. The second-order valence-electron chi connectivity index (χ2n) is 4.94. The average molecular weight is 320 g/mol. The Kier molecular flexibility index (Phi) is 11.4. The zero-order valence-corrected chi connectivity index (χ0v) is 15.2. The van der Waals surface area contributed by atoms with Crippen LogP contribution in [0.3, 0.4) is 0 Å². The van der Waals surface area contributed by atoms with E-state index in [0.717, 1.165) is 23.6 Å². The quantitative estimate of drug-likeness (QED) is 0.266. The van der Waals surface area contributed by atoms with Crippen molar-refractivity contribution in [1.29, 1.82) is 0 Å². The lowest BCUT2D eigenvalue weighted by molar-refractivity contribution is -0.149. The first kappa shape index (κ1) is 19.8. The molecule has 118 valence electrons. The normalized spacial score (nSPS) is 13.7. The third-order valence-electron chi connectivity index (χ3n) is 3.17. The molecule has 1 atom stereocenters. The monoisotopic (exact) mass is 319 g/mol. The Morgan fingerprint density at radius 2 is 1.70 bits per heavy atom. The van der Waals surface area contributed by atoms with Crippen molar-refractivity contribution in [2.24, 2.45) is 4.99 Å². The van der Waals surface area contributed by atoms with Crippen molar-refractivity contribution in [3.05, 3.63) is 0 Å². The van der Waals surface area contributed by atoms with Gasteiger partial charge >= 0.3 is 5.97 Å². The number of rotatable bonds is 9. The molecule has 0 spiro atoms. The summed E-state index contributed by atoms with van der Waals surface area (Å²) in [5.74, 6) is -0.198. The van der Waals surface area contributed by atoms with Crippen molar-refractivity contribution in [2.75, 3.05) is 19.1 Å². The molecule has 0 saturated heterocycles. The van der Waals surface area contributed by atoms with Gasteiger partial charge in [-0.3, -0.25) is 4.99 Å². The van der Waals surface area contributed by atoms with Crippen LogP contribution in [0.2, 0.25) is 0 Å². The van der Waals surface area contributed by atoms with Crippen molar-refractivity contribution in [3.63, 3.8) is 0 Å². The van der Waals surface area contributed by atoms with Crippen molar-refractivity contribution in [1.82, 2.24) is 0 Å². The van der Waals surface area contributed by atoms with Crippen LogP contribution in [0, 0.1) is 0 Å². The van der Waals surface area contributed by atoms with Crippen molar-refractivity contribution in [2.45, 2.75) is 64.8 Å². The molecule has 3 nitrogen and oxygen atoms in total. The van der Waals surface area contributed by atoms with E-state index in [1.807, 2.05) is 26.4 Å². The maximum atomic E-state index is 12.2. The predicted molar refractivity (Wildman–Crippen MR) is 92.9 cm³/mol. The molecule has 1 unspecified atom stereocenters. The summed E-state index contributed by atoms with van der Waals surface area (Å²) in [6.45, 7) is 6.36. The first-order valence-electron chi connectivity index (χ1n) is 7.39. The highest BCUT2D eigenvalue weighted by molar-refractivity contribution is 8.38. The van der Waals surface area contributed by atoms with E-state index >= 15 is 0 Å². The SMILES string of the molecule is CCCCCCCC(C)(N=C(SC)SC)C(=O)OCC. The number of hydrogen-bond donors (Lipinski definition) is 0. The topological polar surface area (TPSA) is 38.7 Å². The summed E-state index contributed by atoms with van der Waals surface area (Å²) in [5, 5.41) is 0. The summed E-state index contributed by atoms with van der Waals surface area (Å²) in [6.07, 6.45) is 10.7. The number of carbonyl (C=O) groups excluding carboxylic acids is 1. The fourth-order valence-electron chi connectivity index (χ4n) is 1.94. The standard InChI is InChI=1S/C15H29NO2S2/c1-6-8-9-10-11-12-15(3,13(17)18-7-2)16-14(19-4)20-5/h6-12H2,1-5H3. The summed E-state index contributed by atoms with van der Waals surface area (Å²) in [5.41, 5.74) is -0.733. The van der Waals surface area contributed by atoms with Gasteiger partial charge in [-0.1, -0.05) is 39.0 Å². The molecule has 20 heavy (non-hydrogen) atoms. The number of unbranched alkanes of at least 4 members (excludes halogenated alkanes) is 4. The lowest BCUT2D eigenvalue weighted by Crippen LogP contribution is -2.36. The molecule has 0 bridgehead atoms. The molecule has 0 aromatic carbocycles. The fraction of sp³-hybridized carbons (Fsp3) is 0.867. The summed E-state index contributed by atoms with van der Waals surface area (Å²) >= 11 is 3.17. The highest BCUT2D eigenvalue weighted by Crippen LogP contribution is 2.26. The molecule has 0 amide bonds. The number of aliphatic imine (C=N–C) groups is 1. The summed E-state index contributed by atoms with van der Waals surface area (Å²) in [6, 6.07) is 0. The maximum Gasteiger partial charge on any atom is 0.333 e. The smallest absolute Gasteiger partial charge is 0.333 e. The van der Waals surface area contributed by atoms with Crippen molar-refractivity contribution in [3.8, 4) is 0 Å². The number of nitrogens with zero attached hydrogens (tertiary/aromatic N) is 1. The second-order valence-corrected chi connectivity index (χ2v) is 6.79. The van der Waals surface area contributed by atoms with Gasteiger partial charge in [0.1, 0.15) is 4.38 Å². The van der Waals surface area contributed by atoms with Gasteiger partial charge < -0.3 is 4.74 Å². The van der Waals surface area contributed by atoms with E-state index in [1.54, 1.807) is 23.5 Å². The minimum absolute atomic E-state index is 0.198. The molecule has 0 saturated carbocycles. The zero-order valence-electron chi connectivity index (χ0n) is 13.5. The number of hydrogen-bond acceptors (Lipinski definition) is 5. The first-order chi connectivity index (χ1) is 9.53. The molecular weight excluding hydrogens is 290 g/mol. The molecule has 0 N–H and O–H groups in total. The van der Waals surface area contributed by atoms with E-state index in [-0.39, 0.29) is 5.97 Å². The first-order valence-corrected chi connectivity index (χ1v) is 9.84. The number of thioether (sulfide) groups is 2. The van der Waals surface area contributed by atoms with Crippen LogP contribution in [0.5, 0.6) is 0 Å². The van der Waals surface area contributed by atoms with Crippen LogP contribution in [0.25, 0.3) is 0 Å². The number of carbonyl (C=O) groups is 1. The van der Waals surface area contributed by atoms with Crippen LogP contribution in [-0.4, -0.2) is 35.0 Å². The number of ether oxygens (including phenoxy) is 1. The summed E-state index contributed by atoms with van der Waals surface area (Å²) in [7, 11) is 0. The molecule has 0 aliphatic rings. The summed E-state index contributed by atoms with van der Waals surface area (Å²) in [4.78, 5) is 16.9. The predicted octanol–water partition coefficient (Wildman–Crippen LogP) is 4.75. The van der Waals surface area contributed by atoms with Gasteiger partial charge in [-0.25, -0.2) is 4.79 Å². The highest BCUT2D eigenvalue weighted by atomic mass is 32.2. The van der Waals surface area contributed by atoms with Gasteiger partial charge in [-0.05, 0) is 32.8 Å². The van der Waals surface area contributed by atoms with E-state index in [9.17, 15) is 4.79 Å².